The van der Waals surface area contributed by atoms with E-state index in [-0.39, 0.29) is 22.4 Å². The summed E-state index contributed by atoms with van der Waals surface area (Å²) >= 11 is 5.72. The third-order valence-corrected chi connectivity index (χ3v) is 2.35. The molecule has 0 aliphatic carbocycles. The lowest BCUT2D eigenvalue weighted by atomic mass is 10.1. The van der Waals surface area contributed by atoms with Crippen LogP contribution in [0.25, 0.3) is 11.3 Å². The van der Waals surface area contributed by atoms with Gasteiger partial charge in [-0.15, -0.1) is 0 Å². The smallest absolute Gasteiger partial charge is 0.369 e. The number of pyridine rings is 1. The molecule has 2 heterocycles. The second-order valence-electron chi connectivity index (χ2n) is 3.24. The Morgan fingerprint density at radius 3 is 2.47 bits per heavy atom. The molecule has 0 aliphatic rings. The second kappa shape index (κ2) is 3.92. The molecule has 0 unspecified atom stereocenters. The number of imidazole rings is 1. The van der Waals surface area contributed by atoms with Crippen molar-refractivity contribution in [2.75, 3.05) is 5.73 Å². The highest BCUT2D eigenvalue weighted by molar-refractivity contribution is 6.32. The molecule has 4 nitrogen and oxygen atoms in total. The van der Waals surface area contributed by atoms with Crippen LogP contribution in [0.5, 0.6) is 0 Å². The van der Waals surface area contributed by atoms with Crippen LogP contribution in [-0.2, 0) is 6.18 Å². The van der Waals surface area contributed by atoms with Gasteiger partial charge in [0.05, 0.1) is 17.5 Å². The van der Waals surface area contributed by atoms with E-state index in [0.717, 1.165) is 6.07 Å². The van der Waals surface area contributed by atoms with E-state index < -0.39 is 11.7 Å². The molecule has 0 bridgehead atoms. The minimum Gasteiger partial charge on any atom is -0.369 e. The summed E-state index contributed by atoms with van der Waals surface area (Å²) in [5.74, 6) is 0.0912. The van der Waals surface area contributed by atoms with Crippen molar-refractivity contribution in [3.05, 3.63) is 29.2 Å². The molecule has 17 heavy (non-hydrogen) atoms. The van der Waals surface area contributed by atoms with Gasteiger partial charge in [0.25, 0.3) is 0 Å². The van der Waals surface area contributed by atoms with E-state index in [1.165, 1.54) is 6.20 Å². The first-order valence-electron chi connectivity index (χ1n) is 4.41. The van der Waals surface area contributed by atoms with Gasteiger partial charge in [-0.25, -0.2) is 9.97 Å². The van der Waals surface area contributed by atoms with Crippen LogP contribution in [0, 0.1) is 0 Å². The normalized spacial score (nSPS) is 11.8. The Bertz CT molecular complexity index is 549. The van der Waals surface area contributed by atoms with E-state index in [2.05, 4.69) is 15.0 Å². The number of aromatic nitrogens is 3. The summed E-state index contributed by atoms with van der Waals surface area (Å²) in [6.07, 6.45) is -2.51. The fraction of sp³-hybridized carbons (Fsp3) is 0.111. The maximum atomic E-state index is 12.5. The number of H-pyrrole nitrogens is 1. The molecule has 0 fully saturated rings. The van der Waals surface area contributed by atoms with E-state index in [4.69, 9.17) is 17.3 Å². The SMILES string of the molecule is Nc1ncc(-c2cc(C(F)(F)F)cnc2Cl)[nH]1. The number of nitrogen functional groups attached to an aromatic ring is 1. The van der Waals surface area contributed by atoms with Crippen molar-refractivity contribution in [2.24, 2.45) is 0 Å². The summed E-state index contributed by atoms with van der Waals surface area (Å²) in [4.78, 5) is 9.76. The monoisotopic (exact) mass is 262 g/mol. The Hall–Kier alpha value is -1.76. The number of nitrogens with zero attached hydrogens (tertiary/aromatic N) is 2. The highest BCUT2D eigenvalue weighted by Gasteiger charge is 2.31. The van der Waals surface area contributed by atoms with Crippen molar-refractivity contribution in [3.8, 4) is 11.3 Å². The fourth-order valence-electron chi connectivity index (χ4n) is 1.27. The van der Waals surface area contributed by atoms with Crippen molar-refractivity contribution >= 4 is 17.5 Å². The van der Waals surface area contributed by atoms with Crippen LogP contribution in [0.15, 0.2) is 18.5 Å². The maximum Gasteiger partial charge on any atom is 0.417 e. The van der Waals surface area contributed by atoms with Gasteiger partial charge in [0.15, 0.2) is 5.95 Å². The van der Waals surface area contributed by atoms with Crippen molar-refractivity contribution < 1.29 is 13.2 Å². The minimum atomic E-state index is -4.47. The summed E-state index contributed by atoms with van der Waals surface area (Å²) in [6.45, 7) is 0. The highest BCUT2D eigenvalue weighted by Crippen LogP contribution is 2.33. The summed E-state index contributed by atoms with van der Waals surface area (Å²) in [5, 5.41) is -0.0540. The first-order chi connectivity index (χ1) is 7.88. The Kier molecular flexibility index (Phi) is 2.70. The molecule has 2 aromatic rings. The van der Waals surface area contributed by atoms with Crippen LogP contribution in [0.4, 0.5) is 19.1 Å². The van der Waals surface area contributed by atoms with Gasteiger partial charge in [-0.1, -0.05) is 11.6 Å². The summed E-state index contributed by atoms with van der Waals surface area (Å²) in [7, 11) is 0. The average molecular weight is 263 g/mol. The van der Waals surface area contributed by atoms with E-state index in [1.807, 2.05) is 0 Å². The number of nitrogens with two attached hydrogens (primary N) is 1. The zero-order chi connectivity index (χ0) is 12.6. The van der Waals surface area contributed by atoms with Crippen molar-refractivity contribution in [1.29, 1.82) is 0 Å². The first-order valence-corrected chi connectivity index (χ1v) is 4.79. The highest BCUT2D eigenvalue weighted by atomic mass is 35.5. The third-order valence-electron chi connectivity index (χ3n) is 2.05. The average Bonchev–Trinajstić information content (AvgIpc) is 2.63. The quantitative estimate of drug-likeness (QED) is 0.777. The predicted octanol–water partition coefficient (Wildman–Crippen LogP) is 2.73. The first kappa shape index (κ1) is 11.7. The molecule has 0 saturated heterocycles. The van der Waals surface area contributed by atoms with Crippen molar-refractivity contribution in [2.45, 2.75) is 6.18 Å². The lowest BCUT2D eigenvalue weighted by molar-refractivity contribution is -0.137. The molecule has 0 radical (unpaired) electrons. The molecule has 0 aromatic carbocycles. The van der Waals surface area contributed by atoms with Gasteiger partial charge in [0.2, 0.25) is 0 Å². The van der Waals surface area contributed by atoms with Gasteiger partial charge in [-0.3, -0.25) is 0 Å². The number of rotatable bonds is 1. The summed E-state index contributed by atoms with van der Waals surface area (Å²) in [6, 6.07) is 0.891. The number of alkyl halides is 3. The molecule has 2 aromatic heterocycles. The van der Waals surface area contributed by atoms with Gasteiger partial charge < -0.3 is 10.7 Å². The fourth-order valence-corrected chi connectivity index (χ4v) is 1.47. The van der Waals surface area contributed by atoms with Gasteiger partial charge in [0, 0.05) is 11.8 Å². The van der Waals surface area contributed by atoms with Gasteiger partial charge in [-0.05, 0) is 6.07 Å². The summed E-state index contributed by atoms with van der Waals surface area (Å²) in [5.41, 5.74) is 4.84. The molecule has 0 aliphatic heterocycles. The number of nitrogens with one attached hydrogen (secondary N) is 1. The second-order valence-corrected chi connectivity index (χ2v) is 3.60. The Balaban J connectivity index is 2.54. The largest absolute Gasteiger partial charge is 0.417 e. The molecule has 3 N–H and O–H groups in total. The number of hydrogen-bond donors (Lipinski definition) is 2. The van der Waals surface area contributed by atoms with Crippen LogP contribution >= 0.6 is 11.6 Å². The maximum absolute atomic E-state index is 12.5. The van der Waals surface area contributed by atoms with E-state index in [0.29, 0.717) is 6.20 Å². The van der Waals surface area contributed by atoms with E-state index in [1.54, 1.807) is 0 Å². The topological polar surface area (TPSA) is 67.6 Å². The molecular weight excluding hydrogens is 257 g/mol. The summed E-state index contributed by atoms with van der Waals surface area (Å²) < 4.78 is 37.5. The minimum absolute atomic E-state index is 0.0540. The Morgan fingerprint density at radius 2 is 1.94 bits per heavy atom. The van der Waals surface area contributed by atoms with Crippen LogP contribution in [-0.4, -0.2) is 15.0 Å². The zero-order valence-electron chi connectivity index (χ0n) is 8.22. The number of anilines is 1. The molecule has 0 saturated carbocycles. The lowest BCUT2D eigenvalue weighted by Crippen LogP contribution is -2.06. The zero-order valence-corrected chi connectivity index (χ0v) is 8.97. The van der Waals surface area contributed by atoms with Crippen molar-refractivity contribution in [1.82, 2.24) is 15.0 Å². The number of halogens is 4. The Morgan fingerprint density at radius 1 is 1.24 bits per heavy atom. The van der Waals surface area contributed by atoms with Crippen LogP contribution < -0.4 is 5.73 Å². The molecule has 0 spiro atoms. The van der Waals surface area contributed by atoms with Gasteiger partial charge in [0.1, 0.15) is 5.15 Å². The van der Waals surface area contributed by atoms with E-state index in [9.17, 15) is 13.2 Å². The van der Waals surface area contributed by atoms with Gasteiger partial charge in [-0.2, -0.15) is 13.2 Å². The third kappa shape index (κ3) is 2.33. The Labute approximate surface area is 98.6 Å². The standard InChI is InChI=1S/C9H6ClF3N4/c10-7-5(6-3-16-8(14)17-6)1-4(2-15-7)9(11,12)13/h1-3H,(H3,14,16,17). The molecule has 90 valence electrons. The molecule has 2 rings (SSSR count). The number of hydrogen-bond acceptors (Lipinski definition) is 3. The lowest BCUT2D eigenvalue weighted by Gasteiger charge is -2.08. The molecule has 8 heteroatoms. The number of aromatic amines is 1. The van der Waals surface area contributed by atoms with Crippen LogP contribution in [0.1, 0.15) is 5.56 Å². The van der Waals surface area contributed by atoms with Crippen LogP contribution in [0.2, 0.25) is 5.15 Å². The predicted molar refractivity (Wildman–Crippen MR) is 56.2 cm³/mol. The van der Waals surface area contributed by atoms with E-state index >= 15 is 0 Å². The molecule has 0 amide bonds. The van der Waals surface area contributed by atoms with Gasteiger partial charge >= 0.3 is 6.18 Å². The molecule has 0 atom stereocenters. The van der Waals surface area contributed by atoms with Crippen LogP contribution in [0.3, 0.4) is 0 Å². The molecular formula is C9H6ClF3N4. The van der Waals surface area contributed by atoms with Crippen molar-refractivity contribution in [3.63, 3.8) is 0 Å².